The number of nitrogens with zero attached hydrogens (tertiary/aromatic N) is 2. The fraction of sp³-hybridized carbons (Fsp3) is 0.500. The van der Waals surface area contributed by atoms with E-state index in [0.717, 1.165) is 44.8 Å². The van der Waals surface area contributed by atoms with Gasteiger partial charge < -0.3 is 15.0 Å². The Balaban J connectivity index is 1.42. The monoisotopic (exact) mass is 399 g/mol. The quantitative estimate of drug-likeness (QED) is 0.774. The summed E-state index contributed by atoms with van der Waals surface area (Å²) in [6, 6.07) is 13.0. The number of ether oxygens (including phenoxy) is 1. The van der Waals surface area contributed by atoms with Crippen LogP contribution in [0, 0.1) is 5.92 Å². The number of anilines is 1. The number of rotatable bonds is 7. The Morgan fingerprint density at radius 2 is 1.86 bits per heavy atom. The lowest BCUT2D eigenvalue weighted by Crippen LogP contribution is -2.52. The van der Waals surface area contributed by atoms with Gasteiger partial charge in [-0.15, -0.1) is 11.3 Å². The number of nitrogens with one attached hydrogen (secondary N) is 1. The van der Waals surface area contributed by atoms with Crippen molar-refractivity contribution in [2.24, 2.45) is 5.92 Å². The smallest absolute Gasteiger partial charge is 0.223 e. The van der Waals surface area contributed by atoms with Crippen LogP contribution in [-0.2, 0) is 4.79 Å². The molecule has 0 bridgehead atoms. The highest BCUT2D eigenvalue weighted by molar-refractivity contribution is 7.10. The molecule has 1 aliphatic heterocycles. The van der Waals surface area contributed by atoms with Crippen LogP contribution >= 0.6 is 11.3 Å². The molecular formula is C22H29N3O2S. The van der Waals surface area contributed by atoms with E-state index in [1.807, 2.05) is 12.1 Å². The second kappa shape index (κ2) is 8.53. The summed E-state index contributed by atoms with van der Waals surface area (Å²) >= 11 is 1.78. The van der Waals surface area contributed by atoms with Crippen LogP contribution < -0.4 is 15.0 Å². The van der Waals surface area contributed by atoms with Crippen LogP contribution in [0.2, 0.25) is 0 Å². The molecule has 28 heavy (non-hydrogen) atoms. The predicted octanol–water partition coefficient (Wildman–Crippen LogP) is 3.53. The second-order valence-corrected chi connectivity index (χ2v) is 8.73. The summed E-state index contributed by atoms with van der Waals surface area (Å²) in [5.74, 6) is 1.37. The fourth-order valence-electron chi connectivity index (χ4n) is 4.02. The molecule has 1 saturated carbocycles. The van der Waals surface area contributed by atoms with Gasteiger partial charge in [0.1, 0.15) is 5.75 Å². The highest BCUT2D eigenvalue weighted by atomic mass is 32.1. The van der Waals surface area contributed by atoms with Gasteiger partial charge in [0.05, 0.1) is 13.2 Å². The number of amides is 1. The standard InChI is InChI=1S/C22H29N3O2S/c1-16(23-22(26)17-5-6-17)21(20-4-3-15-28-20)25-13-11-24(12-14-25)18-7-9-19(27-2)10-8-18/h3-4,7-10,15-17,21H,5-6,11-14H2,1-2H3,(H,23,26)/t16-,21-/m1/s1. The van der Waals surface area contributed by atoms with Gasteiger partial charge in [0, 0.05) is 48.7 Å². The molecule has 6 heteroatoms. The maximum atomic E-state index is 12.3. The van der Waals surface area contributed by atoms with Crippen LogP contribution in [-0.4, -0.2) is 50.1 Å². The molecule has 150 valence electrons. The number of benzene rings is 1. The third-order valence-corrected chi connectivity index (χ3v) is 6.71. The van der Waals surface area contributed by atoms with Crippen molar-refractivity contribution in [3.05, 3.63) is 46.7 Å². The van der Waals surface area contributed by atoms with E-state index < -0.39 is 0 Å². The van der Waals surface area contributed by atoms with Crippen molar-refractivity contribution >= 4 is 22.9 Å². The molecule has 1 amide bonds. The molecule has 2 heterocycles. The molecule has 1 aromatic carbocycles. The zero-order valence-electron chi connectivity index (χ0n) is 16.6. The van der Waals surface area contributed by atoms with Crippen LogP contribution in [0.5, 0.6) is 5.75 Å². The van der Waals surface area contributed by atoms with Gasteiger partial charge in [0.25, 0.3) is 0 Å². The number of methoxy groups -OCH3 is 1. The van der Waals surface area contributed by atoms with Gasteiger partial charge in [-0.2, -0.15) is 0 Å². The molecule has 1 saturated heterocycles. The Hall–Kier alpha value is -2.05. The maximum Gasteiger partial charge on any atom is 0.223 e. The summed E-state index contributed by atoms with van der Waals surface area (Å²) in [6.45, 7) is 6.09. The summed E-state index contributed by atoms with van der Waals surface area (Å²) in [5, 5.41) is 5.41. The lowest BCUT2D eigenvalue weighted by atomic mass is 10.0. The second-order valence-electron chi connectivity index (χ2n) is 7.75. The van der Waals surface area contributed by atoms with Crippen molar-refractivity contribution in [3.8, 4) is 5.75 Å². The molecule has 4 rings (SSSR count). The number of hydrogen-bond acceptors (Lipinski definition) is 5. The summed E-state index contributed by atoms with van der Waals surface area (Å²) < 4.78 is 5.27. The van der Waals surface area contributed by atoms with E-state index in [1.165, 1.54) is 10.6 Å². The third kappa shape index (κ3) is 4.33. The van der Waals surface area contributed by atoms with Crippen LogP contribution in [0.4, 0.5) is 5.69 Å². The average molecular weight is 400 g/mol. The largest absolute Gasteiger partial charge is 0.497 e. The molecule has 2 aliphatic rings. The summed E-state index contributed by atoms with van der Waals surface area (Å²) in [7, 11) is 1.70. The molecule has 2 fully saturated rings. The minimum absolute atomic E-state index is 0.110. The van der Waals surface area contributed by atoms with Crippen LogP contribution in [0.25, 0.3) is 0 Å². The topological polar surface area (TPSA) is 44.8 Å². The number of carbonyl (C=O) groups excluding carboxylic acids is 1. The van der Waals surface area contributed by atoms with Crippen molar-refractivity contribution in [2.75, 3.05) is 38.2 Å². The first-order valence-corrected chi connectivity index (χ1v) is 11.0. The Labute approximate surface area is 171 Å². The lowest BCUT2D eigenvalue weighted by Gasteiger charge is -2.42. The zero-order valence-corrected chi connectivity index (χ0v) is 17.5. The Kier molecular flexibility index (Phi) is 5.87. The van der Waals surface area contributed by atoms with Gasteiger partial charge in [0.2, 0.25) is 5.91 Å². The normalized spacial score (nSPS) is 19.9. The van der Waals surface area contributed by atoms with E-state index in [4.69, 9.17) is 4.74 Å². The fourth-order valence-corrected chi connectivity index (χ4v) is 4.98. The molecule has 2 atom stereocenters. The van der Waals surface area contributed by atoms with Crippen LogP contribution in [0.3, 0.4) is 0 Å². The van der Waals surface area contributed by atoms with Crippen molar-refractivity contribution in [1.29, 1.82) is 0 Å². The summed E-state index contributed by atoms with van der Waals surface area (Å²) in [6.07, 6.45) is 2.09. The zero-order chi connectivity index (χ0) is 19.5. The summed E-state index contributed by atoms with van der Waals surface area (Å²) in [5.41, 5.74) is 1.24. The first-order chi connectivity index (χ1) is 13.7. The Bertz CT molecular complexity index is 766. The molecule has 1 aliphatic carbocycles. The molecule has 1 aromatic heterocycles. The highest BCUT2D eigenvalue weighted by Crippen LogP contribution is 2.33. The third-order valence-electron chi connectivity index (χ3n) is 5.77. The van der Waals surface area contributed by atoms with E-state index in [-0.39, 0.29) is 23.9 Å². The van der Waals surface area contributed by atoms with Gasteiger partial charge in [-0.05, 0) is 55.5 Å². The van der Waals surface area contributed by atoms with E-state index in [0.29, 0.717) is 0 Å². The van der Waals surface area contributed by atoms with Crippen molar-refractivity contribution in [1.82, 2.24) is 10.2 Å². The molecular weight excluding hydrogens is 370 g/mol. The van der Waals surface area contributed by atoms with Gasteiger partial charge in [-0.1, -0.05) is 6.07 Å². The van der Waals surface area contributed by atoms with Crippen molar-refractivity contribution in [2.45, 2.75) is 31.8 Å². The lowest BCUT2D eigenvalue weighted by molar-refractivity contribution is -0.123. The van der Waals surface area contributed by atoms with Gasteiger partial charge in [-0.3, -0.25) is 9.69 Å². The van der Waals surface area contributed by atoms with Crippen molar-refractivity contribution < 1.29 is 9.53 Å². The predicted molar refractivity (Wildman–Crippen MR) is 114 cm³/mol. The number of thiophene rings is 1. The minimum Gasteiger partial charge on any atom is -0.497 e. The molecule has 2 aromatic rings. The van der Waals surface area contributed by atoms with Gasteiger partial charge in [-0.25, -0.2) is 0 Å². The van der Waals surface area contributed by atoms with E-state index in [2.05, 4.69) is 51.7 Å². The Morgan fingerprint density at radius 3 is 2.43 bits per heavy atom. The molecule has 0 unspecified atom stereocenters. The maximum absolute atomic E-state index is 12.3. The molecule has 0 radical (unpaired) electrons. The molecule has 0 spiro atoms. The number of carbonyl (C=O) groups is 1. The van der Waals surface area contributed by atoms with Gasteiger partial charge in [0.15, 0.2) is 0 Å². The summed E-state index contributed by atoms with van der Waals surface area (Å²) in [4.78, 5) is 18.6. The number of hydrogen-bond donors (Lipinski definition) is 1. The highest BCUT2D eigenvalue weighted by Gasteiger charge is 2.35. The number of piperazine rings is 1. The van der Waals surface area contributed by atoms with Gasteiger partial charge >= 0.3 is 0 Å². The molecule has 1 N–H and O–H groups in total. The average Bonchev–Trinajstić information content (AvgIpc) is 3.45. The van der Waals surface area contributed by atoms with Crippen LogP contribution in [0.15, 0.2) is 41.8 Å². The SMILES string of the molecule is COc1ccc(N2CCN([C@@H](c3cccs3)[C@@H](C)NC(=O)C3CC3)CC2)cc1. The molecule has 5 nitrogen and oxygen atoms in total. The minimum atomic E-state index is 0.110. The van der Waals surface area contributed by atoms with Crippen molar-refractivity contribution in [3.63, 3.8) is 0 Å². The van der Waals surface area contributed by atoms with E-state index in [1.54, 1.807) is 18.4 Å². The van der Waals surface area contributed by atoms with Crippen LogP contribution in [0.1, 0.15) is 30.7 Å². The van der Waals surface area contributed by atoms with E-state index >= 15 is 0 Å². The first kappa shape index (κ1) is 19.3. The Morgan fingerprint density at radius 1 is 1.14 bits per heavy atom. The first-order valence-electron chi connectivity index (χ1n) is 10.1. The van der Waals surface area contributed by atoms with E-state index in [9.17, 15) is 4.79 Å².